The lowest BCUT2D eigenvalue weighted by atomic mass is 9.99. The van der Waals surface area contributed by atoms with E-state index in [0.29, 0.717) is 5.82 Å². The number of hydrogen-bond acceptors (Lipinski definition) is 10. The van der Waals surface area contributed by atoms with Gasteiger partial charge in [-0.3, -0.25) is 9.59 Å². The van der Waals surface area contributed by atoms with Gasteiger partial charge in [-0.1, -0.05) is 17.0 Å². The molecule has 4 atom stereocenters. The molecule has 0 saturated carbocycles. The van der Waals surface area contributed by atoms with E-state index in [1.807, 2.05) is 0 Å². The van der Waals surface area contributed by atoms with Crippen molar-refractivity contribution in [2.75, 3.05) is 12.3 Å². The Bertz CT molecular complexity index is 1290. The second-order valence-corrected chi connectivity index (χ2v) is 9.39. The highest BCUT2D eigenvalue weighted by molar-refractivity contribution is 7.99. The third-order valence-corrected chi connectivity index (χ3v) is 6.50. The molecule has 0 spiro atoms. The number of nitrogen functional groups attached to an aromatic ring is 1. The molecule has 2 aromatic heterocycles. The van der Waals surface area contributed by atoms with Crippen molar-refractivity contribution >= 4 is 29.5 Å². The Labute approximate surface area is 213 Å². The summed E-state index contributed by atoms with van der Waals surface area (Å²) in [6.45, 7) is 2.24. The standard InChI is InChI=1S/C23H22F3N5O5S/c1-11(32)34-10-19-23(35-12(2)33)18(8-21(36-19)37-14-3-4-28-20(27)7-14)31-9-17(29-30-31)13-5-15(24)22(26)16(25)6-13/h3-7,9,18-19,21,23H,8,10H2,1-2H3,(H2,27,28)/t18-,19?,21-,23-/m1/s1. The van der Waals surface area contributed by atoms with Crippen LogP contribution in [0, 0.1) is 17.5 Å². The van der Waals surface area contributed by atoms with Crippen molar-refractivity contribution in [3.05, 3.63) is 54.1 Å². The normalized spacial score (nSPS) is 21.4. The van der Waals surface area contributed by atoms with Gasteiger partial charge in [0.15, 0.2) is 23.6 Å². The zero-order chi connectivity index (χ0) is 26.7. The van der Waals surface area contributed by atoms with Crippen LogP contribution >= 0.6 is 11.8 Å². The molecular formula is C23H22F3N5O5S. The van der Waals surface area contributed by atoms with E-state index in [1.165, 1.54) is 36.5 Å². The van der Waals surface area contributed by atoms with Crippen LogP contribution in [-0.2, 0) is 23.8 Å². The van der Waals surface area contributed by atoms with Crippen molar-refractivity contribution < 1.29 is 37.0 Å². The Kier molecular flexibility index (Phi) is 7.97. The van der Waals surface area contributed by atoms with Crippen LogP contribution in [-0.4, -0.2) is 56.2 Å². The molecule has 37 heavy (non-hydrogen) atoms. The Hall–Kier alpha value is -3.65. The first-order valence-corrected chi connectivity index (χ1v) is 11.9. The highest BCUT2D eigenvalue weighted by Crippen LogP contribution is 2.39. The van der Waals surface area contributed by atoms with Crippen molar-refractivity contribution in [1.29, 1.82) is 0 Å². The van der Waals surface area contributed by atoms with E-state index in [0.717, 1.165) is 17.0 Å². The van der Waals surface area contributed by atoms with E-state index in [9.17, 15) is 22.8 Å². The van der Waals surface area contributed by atoms with Gasteiger partial charge in [-0.25, -0.2) is 22.8 Å². The summed E-state index contributed by atoms with van der Waals surface area (Å²) in [6.07, 6.45) is 1.36. The third kappa shape index (κ3) is 6.38. The number of thioether (sulfide) groups is 1. The van der Waals surface area contributed by atoms with Crippen LogP contribution < -0.4 is 5.73 Å². The van der Waals surface area contributed by atoms with E-state index >= 15 is 0 Å². The fourth-order valence-electron chi connectivity index (χ4n) is 3.85. The van der Waals surface area contributed by atoms with Crippen molar-refractivity contribution in [3.63, 3.8) is 0 Å². The molecule has 1 aliphatic rings. The minimum Gasteiger partial charge on any atom is -0.463 e. The summed E-state index contributed by atoms with van der Waals surface area (Å²) in [7, 11) is 0. The molecule has 0 aliphatic carbocycles. The SMILES string of the molecule is CC(=O)OCC1O[C@H](Sc2ccnc(N)c2)C[C@@H](n2cc(-c3cc(F)c(F)c(F)c3)nn2)[C@H]1OC(C)=O. The molecule has 0 amide bonds. The first-order chi connectivity index (χ1) is 17.6. The number of hydrogen-bond donors (Lipinski definition) is 1. The van der Waals surface area contributed by atoms with Crippen LogP contribution in [0.3, 0.4) is 0 Å². The molecule has 10 nitrogen and oxygen atoms in total. The summed E-state index contributed by atoms with van der Waals surface area (Å²) < 4.78 is 59.2. The highest BCUT2D eigenvalue weighted by atomic mass is 32.2. The minimum atomic E-state index is -1.60. The number of esters is 2. The maximum Gasteiger partial charge on any atom is 0.303 e. The van der Waals surface area contributed by atoms with E-state index in [-0.39, 0.29) is 24.3 Å². The summed E-state index contributed by atoms with van der Waals surface area (Å²) in [4.78, 5) is 28.1. The van der Waals surface area contributed by atoms with Crippen LogP contribution in [0.1, 0.15) is 26.3 Å². The summed E-state index contributed by atoms with van der Waals surface area (Å²) in [5, 5.41) is 8.04. The van der Waals surface area contributed by atoms with E-state index < -0.39 is 53.1 Å². The van der Waals surface area contributed by atoms with Crippen LogP contribution in [0.4, 0.5) is 19.0 Å². The zero-order valence-corrected chi connectivity index (χ0v) is 20.5. The number of benzene rings is 1. The van der Waals surface area contributed by atoms with Gasteiger partial charge in [0.05, 0.1) is 12.2 Å². The fraction of sp³-hybridized carbons (Fsp3) is 0.348. The maximum atomic E-state index is 13.8. The van der Waals surface area contributed by atoms with E-state index in [1.54, 1.807) is 18.3 Å². The summed E-state index contributed by atoms with van der Waals surface area (Å²) in [5.74, 6) is -5.19. The Morgan fingerprint density at radius 1 is 1.19 bits per heavy atom. The number of rotatable bonds is 7. The number of pyridine rings is 1. The molecule has 3 heterocycles. The molecule has 1 aromatic carbocycles. The predicted molar refractivity (Wildman–Crippen MR) is 124 cm³/mol. The van der Waals surface area contributed by atoms with Gasteiger partial charge in [-0.15, -0.1) is 5.10 Å². The van der Waals surface area contributed by atoms with Gasteiger partial charge >= 0.3 is 11.9 Å². The monoisotopic (exact) mass is 537 g/mol. The number of halogens is 3. The number of anilines is 1. The van der Waals surface area contributed by atoms with Crippen molar-refractivity contribution in [2.45, 2.75) is 48.8 Å². The van der Waals surface area contributed by atoms with E-state index in [2.05, 4.69) is 15.3 Å². The number of carbonyl (C=O) groups excluding carboxylic acids is 2. The second-order valence-electron chi connectivity index (χ2n) is 8.16. The minimum absolute atomic E-state index is 0.0339. The molecule has 3 aromatic rings. The summed E-state index contributed by atoms with van der Waals surface area (Å²) in [5.41, 5.74) is 5.27. The van der Waals surface area contributed by atoms with Gasteiger partial charge in [0.25, 0.3) is 0 Å². The molecule has 14 heteroatoms. The van der Waals surface area contributed by atoms with Gasteiger partial charge in [-0.05, 0) is 24.3 Å². The molecule has 4 rings (SSSR count). The Balaban J connectivity index is 1.68. The molecule has 196 valence electrons. The predicted octanol–water partition coefficient (Wildman–Crippen LogP) is 3.28. The van der Waals surface area contributed by atoms with E-state index in [4.69, 9.17) is 19.9 Å². The van der Waals surface area contributed by atoms with Crippen molar-refractivity contribution in [2.24, 2.45) is 0 Å². The number of carbonyl (C=O) groups is 2. The number of ether oxygens (including phenoxy) is 3. The van der Waals surface area contributed by atoms with Crippen LogP contribution in [0.25, 0.3) is 11.3 Å². The summed E-state index contributed by atoms with van der Waals surface area (Å²) in [6, 6.07) is 4.33. The molecule has 1 aliphatic heterocycles. The smallest absolute Gasteiger partial charge is 0.303 e. The van der Waals surface area contributed by atoms with Gasteiger partial charge < -0.3 is 19.9 Å². The lowest BCUT2D eigenvalue weighted by molar-refractivity contribution is -0.182. The highest BCUT2D eigenvalue weighted by Gasteiger charge is 2.43. The first kappa shape index (κ1) is 26.4. The van der Waals surface area contributed by atoms with Crippen molar-refractivity contribution in [3.8, 4) is 11.3 Å². The van der Waals surface area contributed by atoms with Crippen molar-refractivity contribution in [1.82, 2.24) is 20.0 Å². The number of nitrogens with two attached hydrogens (primary N) is 1. The average molecular weight is 538 g/mol. The van der Waals surface area contributed by atoms with Gasteiger partial charge in [0.2, 0.25) is 0 Å². The molecule has 1 unspecified atom stereocenters. The first-order valence-electron chi connectivity index (χ1n) is 11.0. The lowest BCUT2D eigenvalue weighted by Gasteiger charge is -2.40. The lowest BCUT2D eigenvalue weighted by Crippen LogP contribution is -2.49. The quantitative estimate of drug-likeness (QED) is 0.354. The van der Waals surface area contributed by atoms with Crippen LogP contribution in [0.2, 0.25) is 0 Å². The third-order valence-electron chi connectivity index (χ3n) is 5.41. The molecule has 0 radical (unpaired) electrons. The van der Waals surface area contributed by atoms with Gasteiger partial charge in [0, 0.05) is 36.9 Å². The fourth-order valence-corrected chi connectivity index (χ4v) is 4.97. The largest absolute Gasteiger partial charge is 0.463 e. The molecule has 0 bridgehead atoms. The second kappa shape index (κ2) is 11.2. The molecular weight excluding hydrogens is 515 g/mol. The molecule has 1 saturated heterocycles. The molecule has 2 N–H and O–H groups in total. The molecule has 1 fully saturated rings. The Morgan fingerprint density at radius 2 is 1.92 bits per heavy atom. The van der Waals surface area contributed by atoms with Gasteiger partial charge in [0.1, 0.15) is 29.7 Å². The van der Waals surface area contributed by atoms with Gasteiger partial charge in [-0.2, -0.15) is 0 Å². The topological polar surface area (TPSA) is 131 Å². The number of aromatic nitrogens is 4. The Morgan fingerprint density at radius 3 is 2.57 bits per heavy atom. The zero-order valence-electron chi connectivity index (χ0n) is 19.6. The maximum absolute atomic E-state index is 13.8. The van der Waals surface area contributed by atoms with Crippen LogP contribution in [0.5, 0.6) is 0 Å². The van der Waals surface area contributed by atoms with Crippen LogP contribution in [0.15, 0.2) is 41.6 Å². The summed E-state index contributed by atoms with van der Waals surface area (Å²) >= 11 is 1.32. The average Bonchev–Trinajstić information content (AvgIpc) is 3.32. The number of nitrogens with zero attached hydrogens (tertiary/aromatic N) is 4.